The van der Waals surface area contributed by atoms with Crippen LogP contribution in [0.25, 0.3) is 11.4 Å². The van der Waals surface area contributed by atoms with Gasteiger partial charge in [0.05, 0.1) is 19.0 Å². The van der Waals surface area contributed by atoms with Gasteiger partial charge in [0.25, 0.3) is 0 Å². The zero-order valence-electron chi connectivity index (χ0n) is 25.0. The summed E-state index contributed by atoms with van der Waals surface area (Å²) in [5.74, 6) is 1.55. The lowest BCUT2D eigenvalue weighted by molar-refractivity contribution is 0.302. The molecule has 0 unspecified atom stereocenters. The van der Waals surface area contributed by atoms with E-state index in [0.29, 0.717) is 0 Å². The number of ether oxygens (including phenoxy) is 1. The van der Waals surface area contributed by atoms with Crippen molar-refractivity contribution in [1.82, 2.24) is 9.97 Å². The number of nitrogens with zero attached hydrogens (tertiary/aromatic N) is 2. The van der Waals surface area contributed by atoms with Crippen LogP contribution in [0, 0.1) is 0 Å². The summed E-state index contributed by atoms with van der Waals surface area (Å²) in [5.41, 5.74) is 2.49. The second kappa shape index (κ2) is 23.0. The first-order chi connectivity index (χ1) is 18.8. The van der Waals surface area contributed by atoms with Crippen molar-refractivity contribution < 1.29 is 4.74 Å². The summed E-state index contributed by atoms with van der Waals surface area (Å²) in [4.78, 5) is 9.09. The van der Waals surface area contributed by atoms with E-state index in [9.17, 15) is 0 Å². The minimum Gasteiger partial charge on any atom is -0.490 e. The average Bonchev–Trinajstić information content (AvgIpc) is 2.95. The minimum absolute atomic E-state index is 0.758. The molecule has 1 aromatic carbocycles. The van der Waals surface area contributed by atoms with Crippen molar-refractivity contribution in [2.45, 2.75) is 155 Å². The van der Waals surface area contributed by atoms with Crippen molar-refractivity contribution in [1.29, 1.82) is 0 Å². The van der Waals surface area contributed by atoms with E-state index in [2.05, 4.69) is 48.1 Å². The highest BCUT2D eigenvalue weighted by molar-refractivity contribution is 5.55. The van der Waals surface area contributed by atoms with Gasteiger partial charge in [-0.25, -0.2) is 9.97 Å². The number of aromatic nitrogens is 2. The van der Waals surface area contributed by atoms with Crippen LogP contribution >= 0.6 is 0 Å². The summed E-state index contributed by atoms with van der Waals surface area (Å²) in [6.45, 7) is 5.33. The van der Waals surface area contributed by atoms with E-state index < -0.39 is 0 Å². The highest BCUT2D eigenvalue weighted by Gasteiger charge is 2.03. The number of hydrogen-bond donors (Lipinski definition) is 0. The number of aryl methyl sites for hydroxylation is 1. The summed E-state index contributed by atoms with van der Waals surface area (Å²) < 4.78 is 5.88. The Kier molecular flexibility index (Phi) is 19.6. The lowest BCUT2D eigenvalue weighted by atomic mass is 10.0. The Hall–Kier alpha value is -1.90. The second-order valence-corrected chi connectivity index (χ2v) is 11.3. The van der Waals surface area contributed by atoms with Crippen LogP contribution in [-0.2, 0) is 6.42 Å². The predicted octanol–water partition coefficient (Wildman–Crippen LogP) is 11.3. The fourth-order valence-electron chi connectivity index (χ4n) is 5.13. The van der Waals surface area contributed by atoms with E-state index in [1.54, 1.807) is 0 Å². The third-order valence-electron chi connectivity index (χ3n) is 7.68. The van der Waals surface area contributed by atoms with Crippen LogP contribution in [0.3, 0.4) is 0 Å². The normalized spacial score (nSPS) is 11.2. The fourth-order valence-corrected chi connectivity index (χ4v) is 5.13. The van der Waals surface area contributed by atoms with Crippen molar-refractivity contribution in [3.63, 3.8) is 0 Å². The summed E-state index contributed by atoms with van der Waals surface area (Å²) in [5, 5.41) is 0. The Bertz CT molecular complexity index is 772. The average molecular weight is 523 g/mol. The van der Waals surface area contributed by atoms with Crippen molar-refractivity contribution >= 4 is 0 Å². The maximum atomic E-state index is 5.88. The van der Waals surface area contributed by atoms with Crippen molar-refractivity contribution in [3.05, 3.63) is 42.2 Å². The molecule has 0 aliphatic carbocycles. The van der Waals surface area contributed by atoms with E-state index in [1.807, 2.05) is 12.4 Å². The molecule has 1 heterocycles. The van der Waals surface area contributed by atoms with Crippen LogP contribution in [0.2, 0.25) is 0 Å². The topological polar surface area (TPSA) is 35.0 Å². The molecule has 214 valence electrons. The number of unbranched alkanes of at least 4 members (excludes halogenated alkanes) is 19. The standard InChI is InChI=1S/C35H58N2O/c1-3-5-7-9-11-13-14-15-17-19-21-23-29-38-34-30-36-35(37-31-34)33-27-25-32(26-28-33)24-22-20-18-16-12-10-8-6-4-2/h25-28,30-31H,3-24,29H2,1-2H3. The third-order valence-corrected chi connectivity index (χ3v) is 7.68. The van der Waals surface area contributed by atoms with Gasteiger partial charge in [-0.2, -0.15) is 0 Å². The zero-order chi connectivity index (χ0) is 26.9. The van der Waals surface area contributed by atoms with Crippen LogP contribution in [0.4, 0.5) is 0 Å². The molecule has 0 amide bonds. The smallest absolute Gasteiger partial charge is 0.159 e. The molecule has 0 aliphatic rings. The van der Waals surface area contributed by atoms with Gasteiger partial charge in [-0.3, -0.25) is 0 Å². The maximum Gasteiger partial charge on any atom is 0.159 e. The number of hydrogen-bond acceptors (Lipinski definition) is 3. The number of benzene rings is 1. The molecule has 1 aromatic heterocycles. The molecule has 0 fully saturated rings. The molecular formula is C35H58N2O. The molecule has 2 rings (SSSR count). The van der Waals surface area contributed by atoms with Gasteiger partial charge in [-0.15, -0.1) is 0 Å². The number of rotatable bonds is 25. The first-order valence-electron chi connectivity index (χ1n) is 16.4. The van der Waals surface area contributed by atoms with Crippen LogP contribution in [0.5, 0.6) is 5.75 Å². The van der Waals surface area contributed by atoms with Crippen LogP contribution in [0.15, 0.2) is 36.7 Å². The molecule has 0 radical (unpaired) electrons. The van der Waals surface area contributed by atoms with E-state index in [4.69, 9.17) is 4.74 Å². The summed E-state index contributed by atoms with van der Waals surface area (Å²) in [7, 11) is 0. The molecule has 0 aliphatic heterocycles. The summed E-state index contributed by atoms with van der Waals surface area (Å²) in [6, 6.07) is 8.79. The molecule has 3 nitrogen and oxygen atoms in total. The molecule has 3 heteroatoms. The lowest BCUT2D eigenvalue weighted by Gasteiger charge is -2.07. The van der Waals surface area contributed by atoms with E-state index in [0.717, 1.165) is 30.2 Å². The molecule has 0 saturated heterocycles. The zero-order valence-corrected chi connectivity index (χ0v) is 25.0. The first-order valence-corrected chi connectivity index (χ1v) is 16.4. The molecule has 0 bridgehead atoms. The van der Waals surface area contributed by atoms with Gasteiger partial charge < -0.3 is 4.74 Å². The fraction of sp³-hybridized carbons (Fsp3) is 0.714. The van der Waals surface area contributed by atoms with Crippen molar-refractivity contribution in [2.75, 3.05) is 6.61 Å². The predicted molar refractivity (Wildman–Crippen MR) is 165 cm³/mol. The summed E-state index contributed by atoms with van der Waals surface area (Å²) in [6.07, 6.45) is 33.5. The van der Waals surface area contributed by atoms with Gasteiger partial charge in [0, 0.05) is 5.56 Å². The van der Waals surface area contributed by atoms with Crippen LogP contribution < -0.4 is 4.74 Å². The molecule has 0 spiro atoms. The molecule has 0 N–H and O–H groups in total. The third kappa shape index (κ3) is 16.1. The highest BCUT2D eigenvalue weighted by Crippen LogP contribution is 2.19. The Balaban J connectivity index is 1.49. The first kappa shape index (κ1) is 32.3. The van der Waals surface area contributed by atoms with Gasteiger partial charge in [0.2, 0.25) is 0 Å². The van der Waals surface area contributed by atoms with Gasteiger partial charge in [0.1, 0.15) is 0 Å². The summed E-state index contributed by atoms with van der Waals surface area (Å²) >= 11 is 0. The Morgan fingerprint density at radius 1 is 0.500 bits per heavy atom. The molecule has 2 aromatic rings. The Labute approximate surface area is 235 Å². The molecular weight excluding hydrogens is 464 g/mol. The van der Waals surface area contributed by atoms with Crippen LogP contribution in [0.1, 0.15) is 154 Å². The molecule has 0 atom stereocenters. The largest absolute Gasteiger partial charge is 0.490 e. The Morgan fingerprint density at radius 3 is 1.39 bits per heavy atom. The van der Waals surface area contributed by atoms with E-state index >= 15 is 0 Å². The van der Waals surface area contributed by atoms with Gasteiger partial charge >= 0.3 is 0 Å². The van der Waals surface area contributed by atoms with Crippen molar-refractivity contribution in [3.8, 4) is 17.1 Å². The highest BCUT2D eigenvalue weighted by atomic mass is 16.5. The lowest BCUT2D eigenvalue weighted by Crippen LogP contribution is -1.99. The molecule has 38 heavy (non-hydrogen) atoms. The monoisotopic (exact) mass is 522 g/mol. The van der Waals surface area contributed by atoms with Gasteiger partial charge in [-0.05, 0) is 24.8 Å². The minimum atomic E-state index is 0.758. The second-order valence-electron chi connectivity index (χ2n) is 11.3. The maximum absolute atomic E-state index is 5.88. The molecule has 0 saturated carbocycles. The van der Waals surface area contributed by atoms with Crippen molar-refractivity contribution in [2.24, 2.45) is 0 Å². The SMILES string of the molecule is CCCCCCCCCCCCCCOc1cnc(-c2ccc(CCCCCCCCCCC)cc2)nc1. The van der Waals surface area contributed by atoms with E-state index in [-0.39, 0.29) is 0 Å². The Morgan fingerprint density at radius 2 is 0.921 bits per heavy atom. The van der Waals surface area contributed by atoms with Crippen LogP contribution in [-0.4, -0.2) is 16.6 Å². The quantitative estimate of drug-likeness (QED) is 0.122. The van der Waals surface area contributed by atoms with Gasteiger partial charge in [0.15, 0.2) is 11.6 Å². The van der Waals surface area contributed by atoms with E-state index in [1.165, 1.54) is 140 Å². The van der Waals surface area contributed by atoms with Gasteiger partial charge in [-0.1, -0.05) is 160 Å².